The molecule has 0 N–H and O–H groups in total. The number of rotatable bonds is 11. The van der Waals surface area contributed by atoms with E-state index in [-0.39, 0.29) is 18.3 Å². The van der Waals surface area contributed by atoms with E-state index < -0.39 is 12.4 Å². The fourth-order valence-electron chi connectivity index (χ4n) is 4.06. The second-order valence-corrected chi connectivity index (χ2v) is 9.10. The SMILES string of the molecule is COC1O[C@H](CI)[C@H](OCc2ccccc2)[C@H](OCc2ccccc2)[C@H]1OCc1ccccc1. The molecule has 5 nitrogen and oxygen atoms in total. The molecule has 1 saturated heterocycles. The molecule has 34 heavy (non-hydrogen) atoms. The van der Waals surface area contributed by atoms with Gasteiger partial charge in [0.25, 0.3) is 0 Å². The molecular weight excluding hydrogens is 543 g/mol. The molecule has 0 amide bonds. The highest BCUT2D eigenvalue weighted by atomic mass is 127. The lowest BCUT2D eigenvalue weighted by Gasteiger charge is -2.45. The monoisotopic (exact) mass is 574 g/mol. The first-order valence-corrected chi connectivity index (χ1v) is 13.0. The third-order valence-electron chi connectivity index (χ3n) is 5.83. The lowest BCUT2D eigenvalue weighted by atomic mass is 9.98. The third kappa shape index (κ3) is 6.87. The van der Waals surface area contributed by atoms with Crippen LogP contribution in [0.4, 0.5) is 0 Å². The van der Waals surface area contributed by atoms with Gasteiger partial charge < -0.3 is 23.7 Å². The van der Waals surface area contributed by atoms with Gasteiger partial charge in [-0.25, -0.2) is 0 Å². The molecule has 6 heteroatoms. The van der Waals surface area contributed by atoms with Crippen molar-refractivity contribution in [2.24, 2.45) is 0 Å². The Kier molecular flexibility index (Phi) is 9.91. The van der Waals surface area contributed by atoms with Gasteiger partial charge >= 0.3 is 0 Å². The van der Waals surface area contributed by atoms with Gasteiger partial charge in [0.1, 0.15) is 18.3 Å². The summed E-state index contributed by atoms with van der Waals surface area (Å²) in [5.74, 6) is 0. The van der Waals surface area contributed by atoms with Gasteiger partial charge in [-0.2, -0.15) is 0 Å². The smallest absolute Gasteiger partial charge is 0.186 e. The van der Waals surface area contributed by atoms with E-state index >= 15 is 0 Å². The minimum atomic E-state index is -0.555. The third-order valence-corrected chi connectivity index (χ3v) is 6.70. The Bertz CT molecular complexity index is 899. The molecule has 5 atom stereocenters. The molecule has 3 aromatic rings. The van der Waals surface area contributed by atoms with Gasteiger partial charge in [0.05, 0.1) is 25.9 Å². The van der Waals surface area contributed by atoms with Crippen LogP contribution in [0.25, 0.3) is 0 Å². The molecule has 0 spiro atoms. The number of halogens is 1. The van der Waals surface area contributed by atoms with Crippen LogP contribution in [0.1, 0.15) is 16.7 Å². The van der Waals surface area contributed by atoms with Crippen LogP contribution in [0.15, 0.2) is 91.0 Å². The number of benzene rings is 3. The molecule has 0 bridgehead atoms. The molecule has 1 aliphatic rings. The average Bonchev–Trinajstić information content (AvgIpc) is 2.91. The van der Waals surface area contributed by atoms with Gasteiger partial charge in [0.2, 0.25) is 0 Å². The lowest BCUT2D eigenvalue weighted by Crippen LogP contribution is -2.61. The highest BCUT2D eigenvalue weighted by Gasteiger charge is 2.48. The van der Waals surface area contributed by atoms with E-state index in [1.54, 1.807) is 7.11 Å². The Balaban J connectivity index is 1.56. The zero-order valence-corrected chi connectivity index (χ0v) is 21.5. The Labute approximate surface area is 215 Å². The van der Waals surface area contributed by atoms with E-state index in [0.29, 0.717) is 19.8 Å². The Morgan fingerprint density at radius 2 is 1.03 bits per heavy atom. The van der Waals surface area contributed by atoms with E-state index in [9.17, 15) is 0 Å². The van der Waals surface area contributed by atoms with E-state index in [0.717, 1.165) is 21.1 Å². The van der Waals surface area contributed by atoms with Crippen LogP contribution in [0, 0.1) is 0 Å². The summed E-state index contributed by atoms with van der Waals surface area (Å²) in [7, 11) is 1.65. The lowest BCUT2D eigenvalue weighted by molar-refractivity contribution is -0.313. The van der Waals surface area contributed by atoms with Gasteiger partial charge in [-0.05, 0) is 16.7 Å². The quantitative estimate of drug-likeness (QED) is 0.222. The standard InChI is InChI=1S/C28H31IO5/c1-30-28-27(33-20-23-15-9-4-10-16-23)26(32-19-22-13-7-3-8-14-22)25(24(17-29)34-28)31-18-21-11-5-2-6-12-21/h2-16,24-28H,17-20H2,1H3/t24-,25+,26+,27-,28?/m1/s1. The van der Waals surface area contributed by atoms with Gasteiger partial charge in [0, 0.05) is 11.5 Å². The predicted octanol–water partition coefficient (Wildman–Crippen LogP) is 5.55. The van der Waals surface area contributed by atoms with E-state index in [1.165, 1.54) is 0 Å². The summed E-state index contributed by atoms with van der Waals surface area (Å²) < 4.78 is 32.2. The summed E-state index contributed by atoms with van der Waals surface area (Å²) in [6.45, 7) is 1.35. The van der Waals surface area contributed by atoms with Crippen LogP contribution in [-0.2, 0) is 43.5 Å². The van der Waals surface area contributed by atoms with Crippen LogP contribution in [-0.4, -0.2) is 42.2 Å². The summed E-state index contributed by atoms with van der Waals surface area (Å²) in [5.41, 5.74) is 3.28. The highest BCUT2D eigenvalue weighted by Crippen LogP contribution is 2.31. The van der Waals surface area contributed by atoms with Crippen molar-refractivity contribution in [3.63, 3.8) is 0 Å². The van der Waals surface area contributed by atoms with Crippen molar-refractivity contribution in [1.29, 1.82) is 0 Å². The van der Waals surface area contributed by atoms with Crippen molar-refractivity contribution in [2.45, 2.75) is 50.5 Å². The molecular formula is C28H31IO5. The van der Waals surface area contributed by atoms with Crippen molar-refractivity contribution in [3.05, 3.63) is 108 Å². The maximum Gasteiger partial charge on any atom is 0.186 e. The van der Waals surface area contributed by atoms with Crippen molar-refractivity contribution >= 4 is 22.6 Å². The molecule has 0 aromatic heterocycles. The molecule has 1 unspecified atom stereocenters. The summed E-state index contributed by atoms with van der Waals surface area (Å²) in [6, 6.07) is 30.4. The van der Waals surface area contributed by atoms with Crippen LogP contribution in [0.2, 0.25) is 0 Å². The van der Waals surface area contributed by atoms with E-state index in [4.69, 9.17) is 23.7 Å². The fraction of sp³-hybridized carbons (Fsp3) is 0.357. The summed E-state index contributed by atoms with van der Waals surface area (Å²) >= 11 is 2.33. The Hall–Kier alpha value is -1.81. The number of ether oxygens (including phenoxy) is 5. The molecule has 3 aromatic carbocycles. The molecule has 4 rings (SSSR count). The van der Waals surface area contributed by atoms with Crippen molar-refractivity contribution < 1.29 is 23.7 Å². The van der Waals surface area contributed by atoms with E-state index in [2.05, 4.69) is 46.9 Å². The molecule has 1 fully saturated rings. The van der Waals surface area contributed by atoms with Crippen LogP contribution in [0.3, 0.4) is 0 Å². The summed E-state index contributed by atoms with van der Waals surface area (Å²) in [6.07, 6.45) is -1.87. The zero-order valence-electron chi connectivity index (χ0n) is 19.3. The first-order chi connectivity index (χ1) is 16.8. The number of hydrogen-bond acceptors (Lipinski definition) is 5. The van der Waals surface area contributed by atoms with Gasteiger partial charge in [-0.1, -0.05) is 114 Å². The predicted molar refractivity (Wildman–Crippen MR) is 140 cm³/mol. The van der Waals surface area contributed by atoms with Gasteiger partial charge in [0.15, 0.2) is 6.29 Å². The largest absolute Gasteiger partial charge is 0.368 e. The molecule has 0 radical (unpaired) electrons. The molecule has 1 heterocycles. The maximum absolute atomic E-state index is 6.52. The fourth-order valence-corrected chi connectivity index (χ4v) is 4.77. The topological polar surface area (TPSA) is 46.2 Å². The van der Waals surface area contributed by atoms with Crippen LogP contribution >= 0.6 is 22.6 Å². The molecule has 1 aliphatic heterocycles. The van der Waals surface area contributed by atoms with Gasteiger partial charge in [-0.3, -0.25) is 0 Å². The van der Waals surface area contributed by atoms with Crippen molar-refractivity contribution in [3.8, 4) is 0 Å². The van der Waals surface area contributed by atoms with Crippen molar-refractivity contribution in [1.82, 2.24) is 0 Å². The highest BCUT2D eigenvalue weighted by molar-refractivity contribution is 14.1. The number of alkyl halides is 1. The second-order valence-electron chi connectivity index (χ2n) is 8.22. The van der Waals surface area contributed by atoms with Crippen LogP contribution in [0.5, 0.6) is 0 Å². The van der Waals surface area contributed by atoms with E-state index in [1.807, 2.05) is 66.7 Å². The molecule has 0 aliphatic carbocycles. The average molecular weight is 574 g/mol. The summed E-state index contributed by atoms with van der Waals surface area (Å²) in [4.78, 5) is 0. The molecule has 0 saturated carbocycles. The minimum absolute atomic E-state index is 0.188. The Morgan fingerprint density at radius 1 is 0.618 bits per heavy atom. The normalized spacial score (nSPS) is 24.7. The number of hydrogen-bond donors (Lipinski definition) is 0. The minimum Gasteiger partial charge on any atom is -0.368 e. The van der Waals surface area contributed by atoms with Crippen LogP contribution < -0.4 is 0 Å². The first-order valence-electron chi connectivity index (χ1n) is 11.5. The zero-order chi connectivity index (χ0) is 23.6. The molecule has 180 valence electrons. The van der Waals surface area contributed by atoms with Crippen molar-refractivity contribution in [2.75, 3.05) is 11.5 Å². The number of methoxy groups -OCH3 is 1. The first kappa shape index (κ1) is 25.3. The maximum atomic E-state index is 6.52. The Morgan fingerprint density at radius 3 is 1.44 bits per heavy atom. The summed E-state index contributed by atoms with van der Waals surface area (Å²) in [5, 5.41) is 0. The van der Waals surface area contributed by atoms with Gasteiger partial charge in [-0.15, -0.1) is 0 Å². The second kappa shape index (κ2) is 13.3.